The minimum atomic E-state index is -3.44. The van der Waals surface area contributed by atoms with Crippen molar-refractivity contribution in [1.29, 1.82) is 0 Å². The maximum atomic E-state index is 12.5. The summed E-state index contributed by atoms with van der Waals surface area (Å²) in [6.07, 6.45) is 0.829. The van der Waals surface area contributed by atoms with Gasteiger partial charge in [0.1, 0.15) is 0 Å². The number of nitrogens with zero attached hydrogens (tertiary/aromatic N) is 1. The van der Waals surface area contributed by atoms with E-state index in [4.69, 9.17) is 17.3 Å². The molecule has 100 valence electrons. The molecule has 2 rings (SSSR count). The fourth-order valence-electron chi connectivity index (χ4n) is 2.20. The van der Waals surface area contributed by atoms with Gasteiger partial charge in [-0.15, -0.1) is 0 Å². The summed E-state index contributed by atoms with van der Waals surface area (Å²) < 4.78 is 26.5. The average molecular weight is 289 g/mol. The molecule has 0 saturated carbocycles. The van der Waals surface area contributed by atoms with Gasteiger partial charge in [0.05, 0.1) is 4.90 Å². The summed E-state index contributed by atoms with van der Waals surface area (Å²) in [5.74, 6) is 0.263. The smallest absolute Gasteiger partial charge is 0.243 e. The molecule has 0 unspecified atom stereocenters. The Bertz CT molecular complexity index is 545. The summed E-state index contributed by atoms with van der Waals surface area (Å²) in [5.41, 5.74) is 6.31. The second-order valence-electron chi connectivity index (χ2n) is 4.66. The van der Waals surface area contributed by atoms with Crippen molar-refractivity contribution in [2.45, 2.75) is 18.2 Å². The molecule has 1 heterocycles. The Hall–Kier alpha value is -0.620. The van der Waals surface area contributed by atoms with E-state index in [1.54, 1.807) is 19.1 Å². The highest BCUT2D eigenvalue weighted by Crippen LogP contribution is 2.27. The van der Waals surface area contributed by atoms with E-state index in [0.717, 1.165) is 12.0 Å². The van der Waals surface area contributed by atoms with E-state index in [1.807, 2.05) is 0 Å². The predicted molar refractivity (Wildman–Crippen MR) is 72.1 cm³/mol. The Morgan fingerprint density at radius 1 is 1.50 bits per heavy atom. The van der Waals surface area contributed by atoms with Crippen molar-refractivity contribution in [2.24, 2.45) is 11.7 Å². The van der Waals surface area contributed by atoms with Crippen molar-refractivity contribution in [1.82, 2.24) is 4.31 Å². The second kappa shape index (κ2) is 5.17. The van der Waals surface area contributed by atoms with Crippen molar-refractivity contribution in [3.63, 3.8) is 0 Å². The normalized spacial score (nSPS) is 21.4. The molecule has 0 aliphatic carbocycles. The Kier molecular flexibility index (Phi) is 3.96. The number of sulfonamides is 1. The van der Waals surface area contributed by atoms with Crippen molar-refractivity contribution in [3.8, 4) is 0 Å². The third-order valence-electron chi connectivity index (χ3n) is 3.35. The van der Waals surface area contributed by atoms with Crippen LogP contribution in [0.25, 0.3) is 0 Å². The second-order valence-corrected chi connectivity index (χ2v) is 7.01. The Morgan fingerprint density at radius 3 is 2.83 bits per heavy atom. The van der Waals surface area contributed by atoms with Crippen LogP contribution in [0.5, 0.6) is 0 Å². The van der Waals surface area contributed by atoms with Crippen LogP contribution in [-0.4, -0.2) is 32.4 Å². The first-order valence-corrected chi connectivity index (χ1v) is 7.73. The van der Waals surface area contributed by atoms with Gasteiger partial charge in [-0.05, 0) is 43.5 Å². The lowest BCUT2D eigenvalue weighted by atomic mass is 10.1. The number of hydrogen-bond donors (Lipinski definition) is 1. The lowest BCUT2D eigenvalue weighted by Crippen LogP contribution is -2.30. The highest BCUT2D eigenvalue weighted by atomic mass is 35.5. The summed E-state index contributed by atoms with van der Waals surface area (Å²) in [6, 6.07) is 4.94. The van der Waals surface area contributed by atoms with Gasteiger partial charge in [-0.25, -0.2) is 8.42 Å². The molecule has 1 aliphatic heterocycles. The van der Waals surface area contributed by atoms with Crippen LogP contribution < -0.4 is 5.73 Å². The first-order chi connectivity index (χ1) is 8.45. The van der Waals surface area contributed by atoms with Gasteiger partial charge >= 0.3 is 0 Å². The van der Waals surface area contributed by atoms with Crippen LogP contribution in [0, 0.1) is 12.8 Å². The van der Waals surface area contributed by atoms with Crippen LogP contribution >= 0.6 is 11.6 Å². The molecular formula is C12H17ClN2O2S. The standard InChI is InChI=1S/C12H17ClN2O2S/c1-9-2-3-11(13)6-12(9)18(16,17)15-5-4-10(7-14)8-15/h2-3,6,10H,4-5,7-8,14H2,1H3/t10-/m0/s1. The molecule has 0 aromatic heterocycles. The zero-order valence-corrected chi connectivity index (χ0v) is 11.8. The molecule has 4 nitrogen and oxygen atoms in total. The van der Waals surface area contributed by atoms with Gasteiger partial charge in [-0.2, -0.15) is 4.31 Å². The monoisotopic (exact) mass is 288 g/mol. The van der Waals surface area contributed by atoms with Gasteiger partial charge in [0.2, 0.25) is 10.0 Å². The summed E-state index contributed by atoms with van der Waals surface area (Å²) in [5, 5.41) is 0.439. The average Bonchev–Trinajstić information content (AvgIpc) is 2.81. The third-order valence-corrected chi connectivity index (χ3v) is 5.59. The lowest BCUT2D eigenvalue weighted by molar-refractivity contribution is 0.458. The van der Waals surface area contributed by atoms with E-state index in [0.29, 0.717) is 29.6 Å². The van der Waals surface area contributed by atoms with E-state index in [-0.39, 0.29) is 5.92 Å². The van der Waals surface area contributed by atoms with Crippen molar-refractivity contribution >= 4 is 21.6 Å². The maximum absolute atomic E-state index is 12.5. The highest BCUT2D eigenvalue weighted by Gasteiger charge is 2.32. The first-order valence-electron chi connectivity index (χ1n) is 5.91. The molecule has 0 bridgehead atoms. The van der Waals surface area contributed by atoms with Gasteiger partial charge in [0.15, 0.2) is 0 Å². The fourth-order valence-corrected chi connectivity index (χ4v) is 4.22. The molecule has 1 aliphatic rings. The van der Waals surface area contributed by atoms with E-state index >= 15 is 0 Å². The van der Waals surface area contributed by atoms with Crippen LogP contribution in [0.15, 0.2) is 23.1 Å². The van der Waals surface area contributed by atoms with Crippen molar-refractivity contribution in [3.05, 3.63) is 28.8 Å². The molecule has 1 saturated heterocycles. The highest BCUT2D eigenvalue weighted by molar-refractivity contribution is 7.89. The van der Waals surface area contributed by atoms with E-state index in [1.165, 1.54) is 10.4 Å². The first kappa shape index (κ1) is 13.8. The number of benzene rings is 1. The maximum Gasteiger partial charge on any atom is 0.243 e. The van der Waals surface area contributed by atoms with Gasteiger partial charge in [0.25, 0.3) is 0 Å². The topological polar surface area (TPSA) is 63.4 Å². The van der Waals surface area contributed by atoms with Gasteiger partial charge in [0, 0.05) is 18.1 Å². The zero-order chi connectivity index (χ0) is 13.3. The predicted octanol–water partition coefficient (Wildman–Crippen LogP) is 1.62. The molecule has 0 spiro atoms. The quantitative estimate of drug-likeness (QED) is 0.919. The minimum absolute atomic E-state index is 0.263. The Balaban J connectivity index is 2.34. The molecule has 1 aromatic carbocycles. The van der Waals surface area contributed by atoms with Crippen LogP contribution in [-0.2, 0) is 10.0 Å². The molecule has 2 N–H and O–H groups in total. The summed E-state index contributed by atoms with van der Waals surface area (Å²) in [6.45, 7) is 3.35. The van der Waals surface area contributed by atoms with Gasteiger partial charge in [-0.1, -0.05) is 17.7 Å². The van der Waals surface area contributed by atoms with E-state index < -0.39 is 10.0 Å². The SMILES string of the molecule is Cc1ccc(Cl)cc1S(=O)(=O)N1CC[C@@H](CN)C1. The number of hydrogen-bond acceptors (Lipinski definition) is 3. The largest absolute Gasteiger partial charge is 0.330 e. The zero-order valence-electron chi connectivity index (χ0n) is 10.3. The van der Waals surface area contributed by atoms with E-state index in [9.17, 15) is 8.42 Å². The molecule has 18 heavy (non-hydrogen) atoms. The van der Waals surface area contributed by atoms with Crippen LogP contribution in [0.2, 0.25) is 5.02 Å². The fraction of sp³-hybridized carbons (Fsp3) is 0.500. The van der Waals surface area contributed by atoms with Crippen LogP contribution in [0.4, 0.5) is 0 Å². The van der Waals surface area contributed by atoms with Gasteiger partial charge in [-0.3, -0.25) is 0 Å². The molecule has 1 fully saturated rings. The Labute approximate surface area is 113 Å². The molecule has 1 aromatic rings. The number of rotatable bonds is 3. The Morgan fingerprint density at radius 2 is 2.22 bits per heavy atom. The molecule has 1 atom stereocenters. The third kappa shape index (κ3) is 2.54. The number of nitrogens with two attached hydrogens (primary N) is 1. The molecule has 0 amide bonds. The van der Waals surface area contributed by atoms with Crippen LogP contribution in [0.3, 0.4) is 0 Å². The molecule has 6 heteroatoms. The number of aryl methyl sites for hydroxylation is 1. The van der Waals surface area contributed by atoms with Crippen LogP contribution in [0.1, 0.15) is 12.0 Å². The summed E-state index contributed by atoms with van der Waals surface area (Å²) in [4.78, 5) is 0.299. The van der Waals surface area contributed by atoms with E-state index in [2.05, 4.69) is 0 Å². The molecular weight excluding hydrogens is 272 g/mol. The van der Waals surface area contributed by atoms with Gasteiger partial charge < -0.3 is 5.73 Å². The minimum Gasteiger partial charge on any atom is -0.330 e. The molecule has 0 radical (unpaired) electrons. The van der Waals surface area contributed by atoms with Crippen molar-refractivity contribution < 1.29 is 8.42 Å². The summed E-state index contributed by atoms with van der Waals surface area (Å²) >= 11 is 5.88. The lowest BCUT2D eigenvalue weighted by Gasteiger charge is -2.18. The number of halogens is 1. The summed E-state index contributed by atoms with van der Waals surface area (Å²) in [7, 11) is -3.44. The van der Waals surface area contributed by atoms with Crippen molar-refractivity contribution in [2.75, 3.05) is 19.6 Å².